The van der Waals surface area contributed by atoms with Crippen LogP contribution in [0.5, 0.6) is 0 Å². The van der Waals surface area contributed by atoms with Gasteiger partial charge in [-0.25, -0.2) is 0 Å². The van der Waals surface area contributed by atoms with Crippen LogP contribution >= 0.6 is 11.6 Å². The fraction of sp³-hybridized carbons (Fsp3) is 0.429. The van der Waals surface area contributed by atoms with Crippen molar-refractivity contribution in [3.8, 4) is 0 Å². The highest BCUT2D eigenvalue weighted by molar-refractivity contribution is 6.30. The van der Waals surface area contributed by atoms with Gasteiger partial charge in [0.25, 0.3) is 0 Å². The highest BCUT2D eigenvalue weighted by Crippen LogP contribution is 2.22. The summed E-state index contributed by atoms with van der Waals surface area (Å²) in [5, 5.41) is 0.979. The molecule has 0 aliphatic heterocycles. The van der Waals surface area contributed by atoms with Crippen molar-refractivity contribution in [2.75, 3.05) is 0 Å². The Balaban J connectivity index is 2.66. The molecule has 0 aromatic heterocycles. The van der Waals surface area contributed by atoms with Gasteiger partial charge in [-0.1, -0.05) is 30.7 Å². The minimum atomic E-state index is 0.543. The normalized spacial score (nSPS) is 27.8. The van der Waals surface area contributed by atoms with Crippen molar-refractivity contribution in [3.05, 3.63) is 23.3 Å². The zero-order valence-corrected chi connectivity index (χ0v) is 5.65. The van der Waals surface area contributed by atoms with Gasteiger partial charge in [-0.15, -0.1) is 0 Å². The summed E-state index contributed by atoms with van der Waals surface area (Å²) in [6.07, 6.45) is 7.18. The Labute approximate surface area is 54.8 Å². The van der Waals surface area contributed by atoms with Crippen LogP contribution in [0.1, 0.15) is 13.3 Å². The summed E-state index contributed by atoms with van der Waals surface area (Å²) in [5.74, 6) is 0.543. The van der Waals surface area contributed by atoms with Crippen molar-refractivity contribution in [3.63, 3.8) is 0 Å². The first-order chi connectivity index (χ1) is 3.80. The lowest BCUT2D eigenvalue weighted by atomic mass is 10.0. The minimum Gasteiger partial charge on any atom is -0.0888 e. The van der Waals surface area contributed by atoms with Crippen molar-refractivity contribution < 1.29 is 0 Å². The first-order valence-electron chi connectivity index (χ1n) is 2.83. The summed E-state index contributed by atoms with van der Waals surface area (Å²) in [4.78, 5) is 0. The Morgan fingerprint density at radius 3 is 2.88 bits per heavy atom. The van der Waals surface area contributed by atoms with Crippen LogP contribution in [0.25, 0.3) is 0 Å². The van der Waals surface area contributed by atoms with Gasteiger partial charge < -0.3 is 0 Å². The molecule has 0 amide bonds. The smallest absolute Gasteiger partial charge is 0.0212 e. The molecule has 0 bridgehead atoms. The van der Waals surface area contributed by atoms with E-state index in [1.807, 2.05) is 12.2 Å². The molecule has 0 saturated carbocycles. The molecule has 0 heterocycles. The highest BCUT2D eigenvalue weighted by Gasteiger charge is 2.04. The van der Waals surface area contributed by atoms with Crippen molar-refractivity contribution in [1.82, 2.24) is 0 Å². The second-order valence-electron chi connectivity index (χ2n) is 2.12. The van der Waals surface area contributed by atoms with E-state index in [0.29, 0.717) is 5.92 Å². The van der Waals surface area contributed by atoms with Crippen LogP contribution in [0.3, 0.4) is 0 Å². The number of allylic oxidation sites excluding steroid dienone is 4. The van der Waals surface area contributed by atoms with E-state index in [1.54, 1.807) is 0 Å². The maximum Gasteiger partial charge on any atom is 0.0212 e. The lowest BCUT2D eigenvalue weighted by molar-refractivity contribution is 0.721. The Hall–Kier alpha value is -0.230. The predicted molar refractivity (Wildman–Crippen MR) is 36.9 cm³/mol. The van der Waals surface area contributed by atoms with Gasteiger partial charge in [0.2, 0.25) is 0 Å². The van der Waals surface area contributed by atoms with E-state index in [2.05, 4.69) is 13.0 Å². The molecule has 8 heavy (non-hydrogen) atoms. The van der Waals surface area contributed by atoms with Crippen LogP contribution < -0.4 is 0 Å². The minimum absolute atomic E-state index is 0.543. The summed E-state index contributed by atoms with van der Waals surface area (Å²) in [6, 6.07) is 0. The fourth-order valence-corrected chi connectivity index (χ4v) is 0.881. The summed E-state index contributed by atoms with van der Waals surface area (Å²) in [5.41, 5.74) is 0. The number of hydrogen-bond donors (Lipinski definition) is 0. The standard InChI is InChI=1S/C7H9Cl/c1-6-4-2-3-5-7(6)8/h2-3,5-6H,4H2,1H3/t6-/m0/s1. The van der Waals surface area contributed by atoms with E-state index in [0.717, 1.165) is 11.5 Å². The number of rotatable bonds is 0. The molecule has 44 valence electrons. The number of hydrogen-bond acceptors (Lipinski definition) is 0. The van der Waals surface area contributed by atoms with Gasteiger partial charge in [-0.2, -0.15) is 0 Å². The van der Waals surface area contributed by atoms with Gasteiger partial charge in [-0.05, 0) is 18.4 Å². The summed E-state index contributed by atoms with van der Waals surface area (Å²) < 4.78 is 0. The SMILES string of the molecule is C[C@H]1CC=CC=C1Cl. The lowest BCUT2D eigenvalue weighted by Crippen LogP contribution is -1.94. The van der Waals surface area contributed by atoms with E-state index < -0.39 is 0 Å². The molecule has 0 aromatic rings. The van der Waals surface area contributed by atoms with Crippen LogP contribution in [0.15, 0.2) is 23.3 Å². The maximum absolute atomic E-state index is 5.78. The average molecular weight is 129 g/mol. The Bertz CT molecular complexity index is 133. The topological polar surface area (TPSA) is 0 Å². The molecule has 1 atom stereocenters. The van der Waals surface area contributed by atoms with Gasteiger partial charge in [0, 0.05) is 5.03 Å². The largest absolute Gasteiger partial charge is 0.0888 e. The Kier molecular flexibility index (Phi) is 1.74. The number of halogens is 1. The third-order valence-electron chi connectivity index (χ3n) is 1.35. The van der Waals surface area contributed by atoms with Crippen LogP contribution in [0, 0.1) is 5.92 Å². The Morgan fingerprint density at radius 2 is 2.50 bits per heavy atom. The van der Waals surface area contributed by atoms with E-state index in [9.17, 15) is 0 Å². The predicted octanol–water partition coefficient (Wildman–Crippen LogP) is 2.71. The maximum atomic E-state index is 5.78. The van der Waals surface area contributed by atoms with Crippen LogP contribution in [0.4, 0.5) is 0 Å². The molecule has 0 radical (unpaired) electrons. The summed E-state index contributed by atoms with van der Waals surface area (Å²) in [7, 11) is 0. The summed E-state index contributed by atoms with van der Waals surface area (Å²) in [6.45, 7) is 2.13. The quantitative estimate of drug-likeness (QED) is 0.471. The van der Waals surface area contributed by atoms with Crippen LogP contribution in [0.2, 0.25) is 0 Å². The molecule has 0 fully saturated rings. The van der Waals surface area contributed by atoms with Crippen molar-refractivity contribution in [1.29, 1.82) is 0 Å². The van der Waals surface area contributed by atoms with E-state index >= 15 is 0 Å². The molecular weight excluding hydrogens is 120 g/mol. The molecular formula is C7H9Cl. The average Bonchev–Trinajstić information content (AvgIpc) is 1.77. The molecule has 0 aromatic carbocycles. The molecule has 0 saturated heterocycles. The van der Waals surface area contributed by atoms with Gasteiger partial charge in [0.1, 0.15) is 0 Å². The van der Waals surface area contributed by atoms with E-state index in [-0.39, 0.29) is 0 Å². The zero-order valence-electron chi connectivity index (χ0n) is 4.89. The first-order valence-corrected chi connectivity index (χ1v) is 3.20. The molecule has 0 nitrogen and oxygen atoms in total. The monoisotopic (exact) mass is 128 g/mol. The molecule has 0 unspecified atom stereocenters. The Morgan fingerprint density at radius 1 is 1.75 bits per heavy atom. The third kappa shape index (κ3) is 1.13. The molecule has 0 spiro atoms. The lowest BCUT2D eigenvalue weighted by Gasteiger charge is -2.08. The molecule has 1 aliphatic rings. The molecule has 1 heteroatoms. The zero-order chi connectivity index (χ0) is 5.98. The van der Waals surface area contributed by atoms with E-state index in [1.165, 1.54) is 0 Å². The third-order valence-corrected chi connectivity index (χ3v) is 1.85. The van der Waals surface area contributed by atoms with Gasteiger partial charge >= 0.3 is 0 Å². The molecule has 1 rings (SSSR count). The second-order valence-corrected chi connectivity index (χ2v) is 2.55. The molecule has 0 N–H and O–H groups in total. The fourth-order valence-electron chi connectivity index (χ4n) is 0.720. The van der Waals surface area contributed by atoms with Crippen molar-refractivity contribution in [2.24, 2.45) is 5.92 Å². The molecule has 1 aliphatic carbocycles. The van der Waals surface area contributed by atoms with Crippen molar-refractivity contribution >= 4 is 11.6 Å². The van der Waals surface area contributed by atoms with Crippen molar-refractivity contribution in [2.45, 2.75) is 13.3 Å². The van der Waals surface area contributed by atoms with Gasteiger partial charge in [0.15, 0.2) is 0 Å². The van der Waals surface area contributed by atoms with Gasteiger partial charge in [0.05, 0.1) is 0 Å². The van der Waals surface area contributed by atoms with E-state index in [4.69, 9.17) is 11.6 Å². The first kappa shape index (κ1) is 5.90. The van der Waals surface area contributed by atoms with Crippen LogP contribution in [-0.2, 0) is 0 Å². The second kappa shape index (κ2) is 2.36. The summed E-state index contributed by atoms with van der Waals surface area (Å²) >= 11 is 5.78. The van der Waals surface area contributed by atoms with Gasteiger partial charge in [-0.3, -0.25) is 0 Å². The van der Waals surface area contributed by atoms with Crippen LogP contribution in [-0.4, -0.2) is 0 Å². The highest BCUT2D eigenvalue weighted by atomic mass is 35.5.